The number of piperazine rings is 1. The molecule has 1 heterocycles. The van der Waals surface area contributed by atoms with E-state index in [4.69, 9.17) is 0 Å². The third kappa shape index (κ3) is 4.96. The number of hydrogen-bond donors (Lipinski definition) is 2. The number of rotatable bonds is 5. The minimum absolute atomic E-state index is 0.0881. The van der Waals surface area contributed by atoms with Gasteiger partial charge >= 0.3 is 6.03 Å². The van der Waals surface area contributed by atoms with Crippen molar-refractivity contribution in [2.24, 2.45) is 0 Å². The zero-order valence-electron chi connectivity index (χ0n) is 16.5. The highest BCUT2D eigenvalue weighted by Crippen LogP contribution is 2.26. The maximum absolute atomic E-state index is 13.0. The van der Waals surface area contributed by atoms with E-state index in [9.17, 15) is 18.0 Å². The van der Waals surface area contributed by atoms with Crippen molar-refractivity contribution in [3.05, 3.63) is 29.3 Å². The van der Waals surface area contributed by atoms with E-state index in [1.54, 1.807) is 6.07 Å². The lowest BCUT2D eigenvalue weighted by atomic mass is 9.92. The molecule has 0 spiro atoms. The smallest absolute Gasteiger partial charge is 0.321 e. The average molecular weight is 421 g/mol. The van der Waals surface area contributed by atoms with Crippen LogP contribution in [0.2, 0.25) is 0 Å². The Morgan fingerprint density at radius 2 is 1.69 bits per heavy atom. The van der Waals surface area contributed by atoms with Gasteiger partial charge in [-0.3, -0.25) is 15.0 Å². The van der Waals surface area contributed by atoms with E-state index < -0.39 is 16.1 Å². The van der Waals surface area contributed by atoms with Gasteiger partial charge in [-0.15, -0.1) is 0 Å². The number of benzene rings is 1. The molecule has 1 aliphatic heterocycles. The van der Waals surface area contributed by atoms with Crippen LogP contribution in [-0.2, 0) is 27.7 Å². The summed E-state index contributed by atoms with van der Waals surface area (Å²) in [6, 6.07) is 5.25. The number of carbonyl (C=O) groups is 2. The highest BCUT2D eigenvalue weighted by atomic mass is 32.2. The lowest BCUT2D eigenvalue weighted by Gasteiger charge is -2.33. The highest BCUT2D eigenvalue weighted by Gasteiger charge is 2.30. The maximum Gasteiger partial charge on any atom is 0.321 e. The second-order valence-electron chi connectivity index (χ2n) is 8.11. The first kappa shape index (κ1) is 20.3. The Balaban J connectivity index is 1.30. The molecule has 9 heteroatoms. The van der Waals surface area contributed by atoms with Crippen molar-refractivity contribution in [1.82, 2.24) is 19.8 Å². The summed E-state index contributed by atoms with van der Waals surface area (Å²) in [6.07, 6.45) is 6.16. The minimum atomic E-state index is -3.53. The van der Waals surface area contributed by atoms with Crippen molar-refractivity contribution >= 4 is 22.0 Å². The van der Waals surface area contributed by atoms with E-state index in [0.29, 0.717) is 31.1 Å². The number of nitrogens with zero attached hydrogens (tertiary/aromatic N) is 2. The van der Waals surface area contributed by atoms with Gasteiger partial charge in [-0.2, -0.15) is 4.31 Å². The van der Waals surface area contributed by atoms with Crippen molar-refractivity contribution < 1.29 is 18.0 Å². The second-order valence-corrected chi connectivity index (χ2v) is 10.1. The van der Waals surface area contributed by atoms with Gasteiger partial charge in [0.25, 0.3) is 0 Å². The Labute approximate surface area is 171 Å². The molecule has 1 saturated heterocycles. The molecular weight excluding hydrogens is 392 g/mol. The van der Waals surface area contributed by atoms with Crippen molar-refractivity contribution in [2.75, 3.05) is 32.7 Å². The normalized spacial score (nSPS) is 20.7. The van der Waals surface area contributed by atoms with Crippen molar-refractivity contribution in [1.29, 1.82) is 0 Å². The van der Waals surface area contributed by atoms with Gasteiger partial charge in [0.05, 0.1) is 11.4 Å². The third-order valence-electron chi connectivity index (χ3n) is 5.82. The van der Waals surface area contributed by atoms with Crippen LogP contribution in [0.25, 0.3) is 0 Å². The summed E-state index contributed by atoms with van der Waals surface area (Å²) in [5, 5.41) is 5.04. The summed E-state index contributed by atoms with van der Waals surface area (Å²) in [4.78, 5) is 25.9. The fraction of sp³-hybridized carbons (Fsp3) is 0.600. The summed E-state index contributed by atoms with van der Waals surface area (Å²) < 4.78 is 27.6. The van der Waals surface area contributed by atoms with Crippen LogP contribution in [0.5, 0.6) is 0 Å². The van der Waals surface area contributed by atoms with Crippen LogP contribution in [0.15, 0.2) is 23.1 Å². The van der Waals surface area contributed by atoms with Crippen molar-refractivity contribution in [3.63, 3.8) is 0 Å². The molecule has 2 N–H and O–H groups in total. The van der Waals surface area contributed by atoms with E-state index in [1.165, 1.54) is 9.87 Å². The first-order valence-electron chi connectivity index (χ1n) is 10.4. The van der Waals surface area contributed by atoms with Crippen LogP contribution in [0, 0.1) is 0 Å². The number of carbonyl (C=O) groups excluding carboxylic acids is 2. The summed E-state index contributed by atoms with van der Waals surface area (Å²) >= 11 is 0. The van der Waals surface area contributed by atoms with Gasteiger partial charge in [0.2, 0.25) is 15.9 Å². The Hall–Kier alpha value is -1.97. The molecule has 1 aromatic rings. The number of fused-ring (bicyclic) bond motifs is 1. The number of imide groups is 1. The number of sulfonamides is 1. The largest absolute Gasteiger partial charge is 0.335 e. The van der Waals surface area contributed by atoms with Gasteiger partial charge in [-0.25, -0.2) is 13.2 Å². The van der Waals surface area contributed by atoms with Crippen molar-refractivity contribution in [3.8, 4) is 0 Å². The molecule has 3 amide bonds. The molecule has 0 bridgehead atoms. The van der Waals surface area contributed by atoms with Crippen LogP contribution in [-0.4, -0.2) is 68.3 Å². The predicted molar refractivity (Wildman–Crippen MR) is 108 cm³/mol. The average Bonchev–Trinajstić information content (AvgIpc) is 3.51. The summed E-state index contributed by atoms with van der Waals surface area (Å²) in [5.41, 5.74) is 2.41. The number of nitrogens with one attached hydrogen (secondary N) is 2. The van der Waals surface area contributed by atoms with Gasteiger partial charge in [0.1, 0.15) is 0 Å². The number of amides is 3. The molecule has 29 heavy (non-hydrogen) atoms. The van der Waals surface area contributed by atoms with Gasteiger partial charge in [-0.1, -0.05) is 6.07 Å². The lowest BCUT2D eigenvalue weighted by Crippen LogP contribution is -2.52. The Bertz CT molecular complexity index is 890. The zero-order chi connectivity index (χ0) is 20.4. The van der Waals surface area contributed by atoms with E-state index >= 15 is 0 Å². The summed E-state index contributed by atoms with van der Waals surface area (Å²) in [6.45, 7) is 1.68. The second kappa shape index (κ2) is 8.41. The predicted octanol–water partition coefficient (Wildman–Crippen LogP) is 0.860. The van der Waals surface area contributed by atoms with Crippen LogP contribution < -0.4 is 10.6 Å². The van der Waals surface area contributed by atoms with Crippen LogP contribution in [0.4, 0.5) is 4.79 Å². The fourth-order valence-corrected chi connectivity index (χ4v) is 5.44. The lowest BCUT2D eigenvalue weighted by molar-refractivity contribution is -0.121. The molecule has 0 unspecified atom stereocenters. The summed E-state index contributed by atoms with van der Waals surface area (Å²) in [5.74, 6) is -0.367. The molecule has 4 rings (SSSR count). The van der Waals surface area contributed by atoms with Crippen molar-refractivity contribution in [2.45, 2.75) is 49.5 Å². The Morgan fingerprint density at radius 3 is 2.38 bits per heavy atom. The molecule has 0 atom stereocenters. The fourth-order valence-electron chi connectivity index (χ4n) is 3.97. The molecule has 2 aliphatic carbocycles. The van der Waals surface area contributed by atoms with Gasteiger partial charge in [-0.05, 0) is 61.8 Å². The van der Waals surface area contributed by atoms with Crippen LogP contribution in [0.3, 0.4) is 0 Å². The Kier molecular flexibility index (Phi) is 5.89. The molecule has 1 saturated carbocycles. The Morgan fingerprint density at radius 1 is 1.00 bits per heavy atom. The van der Waals surface area contributed by atoms with E-state index in [2.05, 4.69) is 10.6 Å². The van der Waals surface area contributed by atoms with Crippen LogP contribution >= 0.6 is 0 Å². The molecule has 1 aromatic carbocycles. The van der Waals surface area contributed by atoms with Gasteiger partial charge < -0.3 is 5.32 Å². The zero-order valence-corrected chi connectivity index (χ0v) is 17.3. The minimum Gasteiger partial charge on any atom is -0.335 e. The quantitative estimate of drug-likeness (QED) is 0.736. The molecule has 8 nitrogen and oxygen atoms in total. The van der Waals surface area contributed by atoms with Crippen LogP contribution in [0.1, 0.15) is 36.8 Å². The molecule has 0 aromatic heterocycles. The monoisotopic (exact) mass is 420 g/mol. The molecule has 0 radical (unpaired) electrons. The van der Waals surface area contributed by atoms with Gasteiger partial charge in [0, 0.05) is 32.2 Å². The van der Waals surface area contributed by atoms with Gasteiger partial charge in [0.15, 0.2) is 0 Å². The first-order chi connectivity index (χ1) is 13.9. The van der Waals surface area contributed by atoms with E-state index in [1.807, 2.05) is 17.0 Å². The number of hydrogen-bond acceptors (Lipinski definition) is 5. The molecular formula is C20H28N4O4S. The molecule has 3 aliphatic rings. The maximum atomic E-state index is 13.0. The summed E-state index contributed by atoms with van der Waals surface area (Å²) in [7, 11) is -3.53. The van der Waals surface area contributed by atoms with E-state index in [-0.39, 0.29) is 18.5 Å². The standard InChI is InChI=1S/C20H28N4O4S/c25-19(22-20(26)21-17-6-7-17)14-23-9-11-24(12-10-23)29(27,28)18-8-5-15-3-1-2-4-16(15)13-18/h5,8,13,17H,1-4,6-7,9-12,14H2,(H2,21,22,25,26). The first-order valence-corrected chi connectivity index (χ1v) is 11.8. The number of aryl methyl sites for hydroxylation is 2. The number of urea groups is 1. The SMILES string of the molecule is O=C(CN1CCN(S(=O)(=O)c2ccc3c(c2)CCCC3)CC1)NC(=O)NC1CC1. The molecule has 158 valence electrons. The molecule has 2 fully saturated rings. The highest BCUT2D eigenvalue weighted by molar-refractivity contribution is 7.89. The third-order valence-corrected chi connectivity index (χ3v) is 7.72. The van der Waals surface area contributed by atoms with E-state index in [0.717, 1.165) is 44.1 Å². The topological polar surface area (TPSA) is 98.8 Å².